The van der Waals surface area contributed by atoms with Gasteiger partial charge in [-0.05, 0) is 6.42 Å². The van der Waals surface area contributed by atoms with Crippen molar-refractivity contribution < 1.29 is 10.2 Å². The van der Waals surface area contributed by atoms with Gasteiger partial charge in [0, 0.05) is 5.41 Å². The van der Waals surface area contributed by atoms with Crippen LogP contribution in [0.2, 0.25) is 0 Å². The SMILES string of the molecule is CCCCCCCCC(C)(C)C(O)O. The summed E-state index contributed by atoms with van der Waals surface area (Å²) in [6.07, 6.45) is 7.25. The molecule has 2 nitrogen and oxygen atoms in total. The molecule has 0 unspecified atom stereocenters. The Morgan fingerprint density at radius 2 is 1.43 bits per heavy atom. The molecule has 0 atom stereocenters. The van der Waals surface area contributed by atoms with E-state index in [1.165, 1.54) is 32.1 Å². The van der Waals surface area contributed by atoms with Gasteiger partial charge in [-0.15, -0.1) is 0 Å². The van der Waals surface area contributed by atoms with Crippen LogP contribution in [-0.2, 0) is 0 Å². The third kappa shape index (κ3) is 6.39. The van der Waals surface area contributed by atoms with Gasteiger partial charge in [0.05, 0.1) is 0 Å². The van der Waals surface area contributed by atoms with Crippen molar-refractivity contribution in [2.45, 2.75) is 72.0 Å². The normalized spacial score (nSPS) is 12.4. The Labute approximate surface area is 88.3 Å². The first kappa shape index (κ1) is 13.9. The maximum absolute atomic E-state index is 9.08. The average molecular weight is 202 g/mol. The van der Waals surface area contributed by atoms with Crippen LogP contribution < -0.4 is 0 Å². The van der Waals surface area contributed by atoms with Crippen molar-refractivity contribution >= 4 is 0 Å². The molecule has 0 amide bonds. The van der Waals surface area contributed by atoms with E-state index in [2.05, 4.69) is 6.92 Å². The van der Waals surface area contributed by atoms with Crippen molar-refractivity contribution in [2.24, 2.45) is 5.41 Å². The van der Waals surface area contributed by atoms with Crippen LogP contribution >= 0.6 is 0 Å². The molecule has 0 aliphatic heterocycles. The minimum atomic E-state index is -1.18. The van der Waals surface area contributed by atoms with E-state index in [9.17, 15) is 0 Å². The second-order valence-electron chi connectivity index (χ2n) is 4.88. The summed E-state index contributed by atoms with van der Waals surface area (Å²) in [6.45, 7) is 6.03. The fourth-order valence-corrected chi connectivity index (χ4v) is 1.49. The van der Waals surface area contributed by atoms with Crippen LogP contribution in [0.1, 0.15) is 65.7 Å². The Morgan fingerprint density at radius 3 is 1.93 bits per heavy atom. The monoisotopic (exact) mass is 202 g/mol. The van der Waals surface area contributed by atoms with Gasteiger partial charge >= 0.3 is 0 Å². The van der Waals surface area contributed by atoms with E-state index in [1.54, 1.807) is 0 Å². The largest absolute Gasteiger partial charge is 0.368 e. The second-order valence-corrected chi connectivity index (χ2v) is 4.88. The lowest BCUT2D eigenvalue weighted by molar-refractivity contribution is -0.124. The van der Waals surface area contributed by atoms with Gasteiger partial charge in [0.1, 0.15) is 0 Å². The standard InChI is InChI=1S/C12H26O2/c1-4-5-6-7-8-9-10-12(2,3)11(13)14/h11,13-14H,4-10H2,1-3H3. The van der Waals surface area contributed by atoms with Crippen LogP contribution in [-0.4, -0.2) is 16.5 Å². The molecule has 0 aromatic rings. The Morgan fingerprint density at radius 1 is 0.929 bits per heavy atom. The molecule has 2 heteroatoms. The number of unbranched alkanes of at least 4 members (excludes halogenated alkanes) is 5. The predicted molar refractivity (Wildman–Crippen MR) is 60.0 cm³/mol. The maximum Gasteiger partial charge on any atom is 0.156 e. The summed E-state index contributed by atoms with van der Waals surface area (Å²) >= 11 is 0. The highest BCUT2D eigenvalue weighted by Gasteiger charge is 2.24. The third-order valence-corrected chi connectivity index (χ3v) is 2.87. The van der Waals surface area contributed by atoms with E-state index < -0.39 is 6.29 Å². The van der Waals surface area contributed by atoms with Crippen LogP contribution in [0, 0.1) is 5.41 Å². The second kappa shape index (κ2) is 7.24. The van der Waals surface area contributed by atoms with Gasteiger partial charge in [0.15, 0.2) is 6.29 Å². The highest BCUT2D eigenvalue weighted by Crippen LogP contribution is 2.26. The molecule has 0 saturated heterocycles. The summed E-state index contributed by atoms with van der Waals surface area (Å²) in [5.41, 5.74) is -0.343. The van der Waals surface area contributed by atoms with Gasteiger partial charge in [-0.3, -0.25) is 0 Å². The van der Waals surface area contributed by atoms with Crippen molar-refractivity contribution in [3.63, 3.8) is 0 Å². The molecule has 0 aliphatic carbocycles. The molecule has 0 aliphatic rings. The van der Waals surface area contributed by atoms with Crippen LogP contribution in [0.3, 0.4) is 0 Å². The zero-order chi connectivity index (χ0) is 11.0. The van der Waals surface area contributed by atoms with Crippen LogP contribution in [0.15, 0.2) is 0 Å². The molecule has 0 bridgehead atoms. The van der Waals surface area contributed by atoms with Gasteiger partial charge in [-0.1, -0.05) is 59.3 Å². The van der Waals surface area contributed by atoms with E-state index in [1.807, 2.05) is 13.8 Å². The summed E-state index contributed by atoms with van der Waals surface area (Å²) in [6, 6.07) is 0. The number of hydrogen-bond donors (Lipinski definition) is 2. The first-order valence-corrected chi connectivity index (χ1v) is 5.87. The summed E-state index contributed by atoms with van der Waals surface area (Å²) < 4.78 is 0. The summed E-state index contributed by atoms with van der Waals surface area (Å²) in [5.74, 6) is 0. The molecule has 86 valence electrons. The zero-order valence-corrected chi connectivity index (χ0v) is 9.92. The molecule has 0 aromatic carbocycles. The molecular formula is C12H26O2. The molecule has 0 saturated carbocycles. The lowest BCUT2D eigenvalue weighted by atomic mass is 9.86. The van der Waals surface area contributed by atoms with Gasteiger partial charge in [0.25, 0.3) is 0 Å². The average Bonchev–Trinajstić information content (AvgIpc) is 2.10. The molecule has 2 N–H and O–H groups in total. The lowest BCUT2D eigenvalue weighted by Crippen LogP contribution is -2.28. The minimum Gasteiger partial charge on any atom is -0.368 e. The number of aliphatic hydroxyl groups is 2. The smallest absolute Gasteiger partial charge is 0.156 e. The van der Waals surface area contributed by atoms with Crippen molar-refractivity contribution in [2.75, 3.05) is 0 Å². The first-order chi connectivity index (χ1) is 6.50. The molecule has 0 radical (unpaired) electrons. The summed E-state index contributed by atoms with van der Waals surface area (Å²) in [4.78, 5) is 0. The zero-order valence-electron chi connectivity index (χ0n) is 9.92. The van der Waals surface area contributed by atoms with E-state index in [4.69, 9.17) is 10.2 Å². The van der Waals surface area contributed by atoms with Gasteiger partial charge in [-0.25, -0.2) is 0 Å². The Hall–Kier alpha value is -0.0800. The van der Waals surface area contributed by atoms with E-state index >= 15 is 0 Å². The molecular weight excluding hydrogens is 176 g/mol. The van der Waals surface area contributed by atoms with Crippen LogP contribution in [0.5, 0.6) is 0 Å². The van der Waals surface area contributed by atoms with Gasteiger partial charge in [-0.2, -0.15) is 0 Å². The molecule has 0 rings (SSSR count). The predicted octanol–water partition coefficient (Wildman–Crippen LogP) is 3.07. The van der Waals surface area contributed by atoms with Crippen LogP contribution in [0.25, 0.3) is 0 Å². The number of aliphatic hydroxyl groups excluding tert-OH is 1. The summed E-state index contributed by atoms with van der Waals surface area (Å²) in [7, 11) is 0. The van der Waals surface area contributed by atoms with Crippen molar-refractivity contribution in [1.29, 1.82) is 0 Å². The van der Waals surface area contributed by atoms with Crippen molar-refractivity contribution in [3.8, 4) is 0 Å². The third-order valence-electron chi connectivity index (χ3n) is 2.87. The van der Waals surface area contributed by atoms with E-state index in [0.29, 0.717) is 0 Å². The van der Waals surface area contributed by atoms with Gasteiger partial charge in [0.2, 0.25) is 0 Å². The summed E-state index contributed by atoms with van der Waals surface area (Å²) in [5, 5.41) is 18.2. The van der Waals surface area contributed by atoms with Crippen molar-refractivity contribution in [1.82, 2.24) is 0 Å². The fraction of sp³-hybridized carbons (Fsp3) is 1.00. The minimum absolute atomic E-state index is 0.343. The molecule has 0 aromatic heterocycles. The molecule has 0 fully saturated rings. The van der Waals surface area contributed by atoms with Crippen LogP contribution in [0.4, 0.5) is 0 Å². The first-order valence-electron chi connectivity index (χ1n) is 5.87. The molecule has 0 spiro atoms. The van der Waals surface area contributed by atoms with Gasteiger partial charge < -0.3 is 10.2 Å². The van der Waals surface area contributed by atoms with E-state index in [-0.39, 0.29) is 5.41 Å². The highest BCUT2D eigenvalue weighted by molar-refractivity contribution is 4.70. The fourth-order valence-electron chi connectivity index (χ4n) is 1.49. The molecule has 14 heavy (non-hydrogen) atoms. The topological polar surface area (TPSA) is 40.5 Å². The lowest BCUT2D eigenvalue weighted by Gasteiger charge is -2.26. The highest BCUT2D eigenvalue weighted by atomic mass is 16.5. The number of rotatable bonds is 8. The van der Waals surface area contributed by atoms with Crippen molar-refractivity contribution in [3.05, 3.63) is 0 Å². The molecule has 0 heterocycles. The Kier molecular flexibility index (Phi) is 7.20. The quantitative estimate of drug-likeness (QED) is 0.469. The Balaban J connectivity index is 3.35. The Bertz CT molecular complexity index is 130. The maximum atomic E-state index is 9.08. The van der Waals surface area contributed by atoms with E-state index in [0.717, 1.165) is 12.8 Å². The number of hydrogen-bond acceptors (Lipinski definition) is 2.